The minimum Gasteiger partial charge on any atom is -0.332 e. The lowest BCUT2D eigenvalue weighted by Crippen LogP contribution is -2.19. The lowest BCUT2D eigenvalue weighted by molar-refractivity contribution is 0.867. The van der Waals surface area contributed by atoms with E-state index in [2.05, 4.69) is 80.8 Å². The number of benzene rings is 2. The Morgan fingerprint density at radius 3 is 1.90 bits per heavy atom. The predicted molar refractivity (Wildman–Crippen MR) is 96.3 cm³/mol. The average molecular weight is 298 g/mol. The maximum atomic E-state index is 5.37. The molecule has 110 valence electrons. The van der Waals surface area contributed by atoms with Crippen LogP contribution in [0.15, 0.2) is 42.5 Å². The minimum atomic E-state index is 0.541. The van der Waals surface area contributed by atoms with Crippen molar-refractivity contribution < 1.29 is 0 Å². The van der Waals surface area contributed by atoms with Crippen LogP contribution in [0.3, 0.4) is 0 Å². The van der Waals surface area contributed by atoms with E-state index < -0.39 is 0 Å². The second kappa shape index (κ2) is 6.72. The summed E-state index contributed by atoms with van der Waals surface area (Å²) >= 11 is 5.37. The maximum Gasteiger partial charge on any atom is 0.175 e. The molecule has 0 atom stereocenters. The van der Waals surface area contributed by atoms with E-state index in [0.29, 0.717) is 11.0 Å². The Labute approximate surface area is 132 Å². The SMILES string of the molecule is Cc1cc(C)cc(NC(=S)Nc2ccc(C(C)C)cc2)c1. The molecule has 2 aromatic carbocycles. The number of nitrogens with one attached hydrogen (secondary N) is 2. The third kappa shape index (κ3) is 4.57. The van der Waals surface area contributed by atoms with Crippen molar-refractivity contribution in [1.82, 2.24) is 0 Å². The monoisotopic (exact) mass is 298 g/mol. The van der Waals surface area contributed by atoms with Crippen LogP contribution in [0, 0.1) is 13.8 Å². The molecule has 0 spiro atoms. The van der Waals surface area contributed by atoms with Gasteiger partial charge in [-0.05, 0) is 72.9 Å². The van der Waals surface area contributed by atoms with Gasteiger partial charge in [-0.25, -0.2) is 0 Å². The van der Waals surface area contributed by atoms with Crippen LogP contribution in [0.4, 0.5) is 11.4 Å². The second-order valence-corrected chi connectivity index (χ2v) is 6.14. The van der Waals surface area contributed by atoms with Crippen LogP contribution in [0.5, 0.6) is 0 Å². The third-order valence-corrected chi connectivity index (χ3v) is 3.52. The Morgan fingerprint density at radius 1 is 0.857 bits per heavy atom. The fourth-order valence-electron chi connectivity index (χ4n) is 2.29. The number of thiocarbonyl (C=S) groups is 1. The second-order valence-electron chi connectivity index (χ2n) is 5.73. The van der Waals surface area contributed by atoms with Crippen molar-refractivity contribution >= 4 is 28.7 Å². The molecule has 0 aliphatic rings. The molecule has 0 heterocycles. The molecule has 2 N–H and O–H groups in total. The van der Waals surface area contributed by atoms with E-state index in [0.717, 1.165) is 11.4 Å². The molecule has 0 radical (unpaired) electrons. The van der Waals surface area contributed by atoms with Gasteiger partial charge in [-0.3, -0.25) is 0 Å². The molecule has 0 aliphatic carbocycles. The van der Waals surface area contributed by atoms with E-state index >= 15 is 0 Å². The molecule has 0 unspecified atom stereocenters. The normalized spacial score (nSPS) is 10.5. The number of rotatable bonds is 3. The van der Waals surface area contributed by atoms with E-state index in [1.807, 2.05) is 0 Å². The maximum absolute atomic E-state index is 5.37. The van der Waals surface area contributed by atoms with Gasteiger partial charge in [0, 0.05) is 11.4 Å². The summed E-state index contributed by atoms with van der Waals surface area (Å²) in [6, 6.07) is 14.7. The zero-order valence-corrected chi connectivity index (χ0v) is 13.8. The van der Waals surface area contributed by atoms with Crippen LogP contribution in [-0.4, -0.2) is 5.11 Å². The molecule has 0 fully saturated rings. The fraction of sp³-hybridized carbons (Fsp3) is 0.278. The van der Waals surface area contributed by atoms with Crippen molar-refractivity contribution in [2.24, 2.45) is 0 Å². The summed E-state index contributed by atoms with van der Waals surface area (Å²) in [5, 5.41) is 7.05. The Balaban J connectivity index is 2.01. The highest BCUT2D eigenvalue weighted by atomic mass is 32.1. The molecule has 2 aromatic rings. The molecule has 0 saturated carbocycles. The first-order valence-electron chi connectivity index (χ1n) is 7.20. The summed E-state index contributed by atoms with van der Waals surface area (Å²) in [6.07, 6.45) is 0. The quantitative estimate of drug-likeness (QED) is 0.758. The summed E-state index contributed by atoms with van der Waals surface area (Å²) in [4.78, 5) is 0. The molecule has 0 saturated heterocycles. The minimum absolute atomic E-state index is 0.541. The average Bonchev–Trinajstić information content (AvgIpc) is 2.37. The van der Waals surface area contributed by atoms with Crippen molar-refractivity contribution in [3.05, 3.63) is 59.2 Å². The largest absolute Gasteiger partial charge is 0.332 e. The van der Waals surface area contributed by atoms with Crippen molar-refractivity contribution in [3.8, 4) is 0 Å². The van der Waals surface area contributed by atoms with Crippen LogP contribution >= 0.6 is 12.2 Å². The van der Waals surface area contributed by atoms with E-state index in [9.17, 15) is 0 Å². The van der Waals surface area contributed by atoms with Gasteiger partial charge in [-0.1, -0.05) is 32.0 Å². The van der Waals surface area contributed by atoms with Gasteiger partial charge in [0.2, 0.25) is 0 Å². The zero-order chi connectivity index (χ0) is 15.4. The summed E-state index contributed by atoms with van der Waals surface area (Å²) in [7, 11) is 0. The van der Waals surface area contributed by atoms with E-state index in [-0.39, 0.29) is 0 Å². The molecular weight excluding hydrogens is 276 g/mol. The van der Waals surface area contributed by atoms with Crippen LogP contribution in [0.2, 0.25) is 0 Å². The zero-order valence-electron chi connectivity index (χ0n) is 13.0. The van der Waals surface area contributed by atoms with Crippen LogP contribution < -0.4 is 10.6 Å². The van der Waals surface area contributed by atoms with Crippen molar-refractivity contribution in [2.45, 2.75) is 33.6 Å². The Morgan fingerprint density at radius 2 is 1.38 bits per heavy atom. The van der Waals surface area contributed by atoms with Crippen LogP contribution in [0.25, 0.3) is 0 Å². The highest BCUT2D eigenvalue weighted by Crippen LogP contribution is 2.18. The molecule has 0 aromatic heterocycles. The van der Waals surface area contributed by atoms with E-state index in [1.54, 1.807) is 0 Å². The van der Waals surface area contributed by atoms with Gasteiger partial charge in [0.1, 0.15) is 0 Å². The molecule has 3 heteroatoms. The first kappa shape index (κ1) is 15.5. The number of aryl methyl sites for hydroxylation is 2. The molecule has 0 aliphatic heterocycles. The van der Waals surface area contributed by atoms with Crippen molar-refractivity contribution in [1.29, 1.82) is 0 Å². The van der Waals surface area contributed by atoms with Gasteiger partial charge in [0.15, 0.2) is 5.11 Å². The number of hydrogen-bond donors (Lipinski definition) is 2. The Kier molecular flexibility index (Phi) is 4.97. The van der Waals surface area contributed by atoms with Gasteiger partial charge in [-0.2, -0.15) is 0 Å². The van der Waals surface area contributed by atoms with Crippen LogP contribution in [-0.2, 0) is 0 Å². The molecule has 2 rings (SSSR count). The van der Waals surface area contributed by atoms with Crippen molar-refractivity contribution in [2.75, 3.05) is 10.6 Å². The Bertz CT molecular complexity index is 610. The molecular formula is C18H22N2S. The summed E-state index contributed by atoms with van der Waals surface area (Å²) < 4.78 is 0. The molecule has 0 bridgehead atoms. The van der Waals surface area contributed by atoms with E-state index in [4.69, 9.17) is 12.2 Å². The number of hydrogen-bond acceptors (Lipinski definition) is 1. The molecule has 0 amide bonds. The summed E-state index contributed by atoms with van der Waals surface area (Å²) in [5.41, 5.74) is 5.79. The van der Waals surface area contributed by atoms with Gasteiger partial charge in [-0.15, -0.1) is 0 Å². The first-order valence-corrected chi connectivity index (χ1v) is 7.61. The smallest absolute Gasteiger partial charge is 0.175 e. The van der Waals surface area contributed by atoms with Gasteiger partial charge in [0.05, 0.1) is 0 Å². The first-order chi connectivity index (χ1) is 9.94. The van der Waals surface area contributed by atoms with E-state index in [1.165, 1.54) is 16.7 Å². The molecule has 2 nitrogen and oxygen atoms in total. The highest BCUT2D eigenvalue weighted by molar-refractivity contribution is 7.80. The lowest BCUT2D eigenvalue weighted by Gasteiger charge is -2.13. The molecule has 21 heavy (non-hydrogen) atoms. The van der Waals surface area contributed by atoms with Gasteiger partial charge < -0.3 is 10.6 Å². The van der Waals surface area contributed by atoms with Gasteiger partial charge in [0.25, 0.3) is 0 Å². The highest BCUT2D eigenvalue weighted by Gasteiger charge is 2.02. The Hall–Kier alpha value is -1.87. The van der Waals surface area contributed by atoms with Crippen LogP contribution in [0.1, 0.15) is 36.5 Å². The standard InChI is InChI=1S/C18H22N2S/c1-12(2)15-5-7-16(8-6-15)19-18(21)20-17-10-13(3)9-14(4)11-17/h5-12H,1-4H3,(H2,19,20,21). The van der Waals surface area contributed by atoms with Gasteiger partial charge >= 0.3 is 0 Å². The van der Waals surface area contributed by atoms with Crippen molar-refractivity contribution in [3.63, 3.8) is 0 Å². The topological polar surface area (TPSA) is 24.1 Å². The predicted octanol–water partition coefficient (Wildman–Crippen LogP) is 5.24. The number of anilines is 2. The summed E-state index contributed by atoms with van der Waals surface area (Å²) in [5.74, 6) is 0.541. The third-order valence-electron chi connectivity index (χ3n) is 3.31. The fourth-order valence-corrected chi connectivity index (χ4v) is 2.53. The lowest BCUT2D eigenvalue weighted by atomic mass is 10.0. The summed E-state index contributed by atoms with van der Waals surface area (Å²) in [6.45, 7) is 8.54.